The first-order valence-corrected chi connectivity index (χ1v) is 8.88. The maximum atomic E-state index is 6.03. The zero-order valence-electron chi connectivity index (χ0n) is 11.7. The molecule has 1 N–H and O–H groups in total. The van der Waals surface area contributed by atoms with Crippen LogP contribution in [0.4, 0.5) is 0 Å². The fourth-order valence-corrected chi connectivity index (χ4v) is 4.21. The molecule has 1 heterocycles. The Balaban J connectivity index is 2.21. The highest BCUT2D eigenvalue weighted by molar-refractivity contribution is 9.10. The Bertz CT molecular complexity index is 567. The normalized spacial score (nSPS) is 12.6. The fourth-order valence-electron chi connectivity index (χ4n) is 2.25. The van der Waals surface area contributed by atoms with Crippen LogP contribution in [0.25, 0.3) is 0 Å². The van der Waals surface area contributed by atoms with Crippen molar-refractivity contribution in [1.29, 1.82) is 0 Å². The van der Waals surface area contributed by atoms with Gasteiger partial charge in [-0.1, -0.05) is 47.4 Å². The number of likely N-dealkylation sites (N-methyl/N-ethyl adjacent to an activating group) is 1. The molecule has 1 nitrogen and oxygen atoms in total. The molecule has 1 unspecified atom stereocenters. The van der Waals surface area contributed by atoms with Crippen molar-refractivity contribution in [2.75, 3.05) is 6.54 Å². The molecule has 0 saturated carbocycles. The van der Waals surface area contributed by atoms with Gasteiger partial charge in [-0.15, -0.1) is 11.3 Å². The van der Waals surface area contributed by atoms with Gasteiger partial charge in [-0.2, -0.15) is 0 Å². The third-order valence-corrected chi connectivity index (χ3v) is 5.43. The summed E-state index contributed by atoms with van der Waals surface area (Å²) in [6.45, 7) is 5.29. The first-order chi connectivity index (χ1) is 9.63. The lowest BCUT2D eigenvalue weighted by atomic mass is 10.0. The van der Waals surface area contributed by atoms with Gasteiger partial charge in [0, 0.05) is 31.7 Å². The van der Waals surface area contributed by atoms with E-state index in [1.807, 2.05) is 23.5 Å². The summed E-state index contributed by atoms with van der Waals surface area (Å²) < 4.78 is 1.07. The highest BCUT2D eigenvalue weighted by Gasteiger charge is 2.15. The monoisotopic (exact) mass is 371 g/mol. The average molecular weight is 373 g/mol. The SMILES string of the molecule is CCNC(Cc1ccc(CC)s1)c1ccc(Cl)cc1Br. The van der Waals surface area contributed by atoms with Crippen LogP contribution in [0.15, 0.2) is 34.8 Å². The molecular weight excluding hydrogens is 354 g/mol. The molecule has 0 spiro atoms. The summed E-state index contributed by atoms with van der Waals surface area (Å²) in [5.41, 5.74) is 1.27. The first-order valence-electron chi connectivity index (χ1n) is 6.90. The van der Waals surface area contributed by atoms with Gasteiger partial charge in [0.1, 0.15) is 0 Å². The van der Waals surface area contributed by atoms with Crippen LogP contribution >= 0.6 is 38.9 Å². The Hall–Kier alpha value is -0.350. The van der Waals surface area contributed by atoms with Crippen LogP contribution in [0, 0.1) is 0 Å². The molecule has 0 aliphatic rings. The highest BCUT2D eigenvalue weighted by Crippen LogP contribution is 2.30. The number of thiophene rings is 1. The predicted molar refractivity (Wildman–Crippen MR) is 93.0 cm³/mol. The standard InChI is InChI=1S/C16H19BrClNS/c1-3-12-6-7-13(20-12)10-16(19-4-2)14-8-5-11(18)9-15(14)17/h5-9,16,19H,3-4,10H2,1-2H3. The van der Waals surface area contributed by atoms with Crippen LogP contribution in [0.2, 0.25) is 5.02 Å². The van der Waals surface area contributed by atoms with E-state index >= 15 is 0 Å². The molecule has 0 saturated heterocycles. The second-order valence-electron chi connectivity index (χ2n) is 4.70. The Labute approximate surface area is 138 Å². The van der Waals surface area contributed by atoms with E-state index in [1.54, 1.807) is 0 Å². The zero-order valence-corrected chi connectivity index (χ0v) is 14.9. The van der Waals surface area contributed by atoms with Crippen LogP contribution in [0.5, 0.6) is 0 Å². The van der Waals surface area contributed by atoms with Crippen molar-refractivity contribution in [2.45, 2.75) is 32.7 Å². The molecule has 1 aromatic carbocycles. The summed E-state index contributed by atoms with van der Waals surface area (Å²) in [5.74, 6) is 0. The summed E-state index contributed by atoms with van der Waals surface area (Å²) in [5, 5.41) is 4.33. The van der Waals surface area contributed by atoms with Crippen molar-refractivity contribution in [3.8, 4) is 0 Å². The quantitative estimate of drug-likeness (QED) is 0.694. The van der Waals surface area contributed by atoms with Gasteiger partial charge >= 0.3 is 0 Å². The van der Waals surface area contributed by atoms with Gasteiger partial charge in [-0.3, -0.25) is 0 Å². The number of benzene rings is 1. The lowest BCUT2D eigenvalue weighted by Crippen LogP contribution is -2.23. The van der Waals surface area contributed by atoms with Crippen molar-refractivity contribution in [3.05, 3.63) is 55.1 Å². The molecule has 2 rings (SSSR count). The minimum absolute atomic E-state index is 0.315. The van der Waals surface area contributed by atoms with E-state index in [4.69, 9.17) is 11.6 Å². The molecule has 1 atom stereocenters. The van der Waals surface area contributed by atoms with Gasteiger partial charge in [0.2, 0.25) is 0 Å². The van der Waals surface area contributed by atoms with Crippen molar-refractivity contribution >= 4 is 38.9 Å². The van der Waals surface area contributed by atoms with Gasteiger partial charge in [0.25, 0.3) is 0 Å². The third kappa shape index (κ3) is 4.08. The topological polar surface area (TPSA) is 12.0 Å². The van der Waals surface area contributed by atoms with E-state index < -0.39 is 0 Å². The van der Waals surface area contributed by atoms with Crippen LogP contribution in [-0.4, -0.2) is 6.54 Å². The van der Waals surface area contributed by atoms with E-state index in [0.29, 0.717) is 6.04 Å². The van der Waals surface area contributed by atoms with Gasteiger partial charge in [-0.25, -0.2) is 0 Å². The van der Waals surface area contributed by atoms with E-state index in [2.05, 4.69) is 53.3 Å². The van der Waals surface area contributed by atoms with Gasteiger partial charge in [0.05, 0.1) is 0 Å². The number of hydrogen-bond donors (Lipinski definition) is 1. The second-order valence-corrected chi connectivity index (χ2v) is 7.25. The number of aryl methyl sites for hydroxylation is 1. The van der Waals surface area contributed by atoms with Crippen LogP contribution in [-0.2, 0) is 12.8 Å². The van der Waals surface area contributed by atoms with Crippen LogP contribution in [0.3, 0.4) is 0 Å². The van der Waals surface area contributed by atoms with E-state index in [0.717, 1.165) is 28.9 Å². The average Bonchev–Trinajstić information content (AvgIpc) is 2.86. The molecule has 0 amide bonds. The van der Waals surface area contributed by atoms with Crippen LogP contribution < -0.4 is 5.32 Å². The van der Waals surface area contributed by atoms with Crippen LogP contribution in [0.1, 0.15) is 35.2 Å². The molecule has 20 heavy (non-hydrogen) atoms. The minimum Gasteiger partial charge on any atom is -0.310 e. The summed E-state index contributed by atoms with van der Waals surface area (Å²) >= 11 is 11.6. The molecule has 0 radical (unpaired) electrons. The molecule has 0 fully saturated rings. The van der Waals surface area contributed by atoms with E-state index in [-0.39, 0.29) is 0 Å². The van der Waals surface area contributed by atoms with Gasteiger partial charge < -0.3 is 5.32 Å². The second kappa shape index (κ2) is 7.60. The summed E-state index contributed by atoms with van der Waals surface area (Å²) in [6.07, 6.45) is 2.12. The zero-order chi connectivity index (χ0) is 14.5. The van der Waals surface area contributed by atoms with E-state index in [9.17, 15) is 0 Å². The van der Waals surface area contributed by atoms with Crippen molar-refractivity contribution in [3.63, 3.8) is 0 Å². The Kier molecular flexibility index (Phi) is 6.09. The van der Waals surface area contributed by atoms with Crippen molar-refractivity contribution < 1.29 is 0 Å². The molecule has 0 bridgehead atoms. The number of halogens is 2. The predicted octanol–water partition coefficient (Wildman–Crippen LogP) is 5.62. The number of hydrogen-bond acceptors (Lipinski definition) is 2. The van der Waals surface area contributed by atoms with Gasteiger partial charge in [-0.05, 0) is 42.8 Å². The minimum atomic E-state index is 0.315. The highest BCUT2D eigenvalue weighted by atomic mass is 79.9. The third-order valence-electron chi connectivity index (χ3n) is 3.26. The molecule has 1 aromatic heterocycles. The summed E-state index contributed by atoms with van der Waals surface area (Å²) in [6, 6.07) is 10.8. The Morgan fingerprint density at radius 1 is 1.20 bits per heavy atom. The molecule has 0 aliphatic heterocycles. The Morgan fingerprint density at radius 3 is 2.55 bits per heavy atom. The van der Waals surface area contributed by atoms with Gasteiger partial charge in [0.15, 0.2) is 0 Å². The van der Waals surface area contributed by atoms with Crippen molar-refractivity contribution in [1.82, 2.24) is 5.32 Å². The number of rotatable bonds is 6. The molecule has 0 aliphatic carbocycles. The Morgan fingerprint density at radius 2 is 1.95 bits per heavy atom. The maximum absolute atomic E-state index is 6.03. The van der Waals surface area contributed by atoms with E-state index in [1.165, 1.54) is 15.3 Å². The number of nitrogens with one attached hydrogen (secondary N) is 1. The first kappa shape index (κ1) is 16.0. The fraction of sp³-hybridized carbons (Fsp3) is 0.375. The molecule has 2 aromatic rings. The lowest BCUT2D eigenvalue weighted by molar-refractivity contribution is 0.551. The maximum Gasteiger partial charge on any atom is 0.0417 e. The molecule has 108 valence electrons. The lowest BCUT2D eigenvalue weighted by Gasteiger charge is -2.19. The van der Waals surface area contributed by atoms with Crippen molar-refractivity contribution in [2.24, 2.45) is 0 Å². The smallest absolute Gasteiger partial charge is 0.0417 e. The molecule has 4 heteroatoms. The largest absolute Gasteiger partial charge is 0.310 e. The summed E-state index contributed by atoms with van der Waals surface area (Å²) in [7, 11) is 0. The summed E-state index contributed by atoms with van der Waals surface area (Å²) in [4.78, 5) is 2.88. The molecular formula is C16H19BrClNS.